The zero-order valence-corrected chi connectivity index (χ0v) is 7.51. The molecule has 1 N–H and O–H groups in total. The van der Waals surface area contributed by atoms with Gasteiger partial charge in [-0.2, -0.15) is 0 Å². The molecule has 1 aromatic rings. The molecule has 0 saturated carbocycles. The zero-order chi connectivity index (χ0) is 8.39. The van der Waals surface area contributed by atoms with Crippen LogP contribution in [0.25, 0.3) is 0 Å². The largest absolute Gasteiger partial charge is 0.319 e. The van der Waals surface area contributed by atoms with Gasteiger partial charge in [0.15, 0.2) is 0 Å². The molecule has 1 aliphatic rings. The molecule has 0 fully saturated rings. The summed E-state index contributed by atoms with van der Waals surface area (Å²) in [7, 11) is 2.03. The first-order chi connectivity index (χ1) is 5.92. The molecule has 1 aromatic carbocycles. The van der Waals surface area contributed by atoms with Crippen molar-refractivity contribution in [2.75, 3.05) is 13.6 Å². The van der Waals surface area contributed by atoms with E-state index in [0.29, 0.717) is 0 Å². The Bertz CT molecular complexity index is 265. The summed E-state index contributed by atoms with van der Waals surface area (Å²) in [5, 5.41) is 3.25. The summed E-state index contributed by atoms with van der Waals surface area (Å²) in [6.07, 6.45) is 2.59. The molecule has 1 aliphatic carbocycles. The van der Waals surface area contributed by atoms with E-state index in [1.165, 1.54) is 12.8 Å². The average Bonchev–Trinajstić information content (AvgIpc) is 2.50. The summed E-state index contributed by atoms with van der Waals surface area (Å²) >= 11 is 0. The molecule has 0 aromatic heterocycles. The van der Waals surface area contributed by atoms with Crippen molar-refractivity contribution in [3.8, 4) is 0 Å². The van der Waals surface area contributed by atoms with Gasteiger partial charge in [-0.05, 0) is 36.9 Å². The Morgan fingerprint density at radius 1 is 1.42 bits per heavy atom. The molecular weight excluding hydrogens is 146 g/mol. The second-order valence-corrected chi connectivity index (χ2v) is 3.49. The van der Waals surface area contributed by atoms with E-state index in [1.54, 1.807) is 11.1 Å². The number of hydrogen-bond acceptors (Lipinski definition) is 1. The maximum absolute atomic E-state index is 3.25. The molecule has 0 amide bonds. The lowest BCUT2D eigenvalue weighted by Crippen LogP contribution is -2.14. The highest BCUT2D eigenvalue weighted by Crippen LogP contribution is 2.31. The van der Waals surface area contributed by atoms with Crippen LogP contribution in [0.2, 0.25) is 0 Å². The molecule has 0 bridgehead atoms. The number of fused-ring (bicyclic) bond motifs is 1. The van der Waals surface area contributed by atoms with E-state index < -0.39 is 0 Å². The lowest BCUT2D eigenvalue weighted by molar-refractivity contribution is 0.623. The summed E-state index contributed by atoms with van der Waals surface area (Å²) in [5.41, 5.74) is 3.12. The van der Waals surface area contributed by atoms with Gasteiger partial charge < -0.3 is 5.32 Å². The van der Waals surface area contributed by atoms with Gasteiger partial charge in [-0.3, -0.25) is 0 Å². The van der Waals surface area contributed by atoms with E-state index in [0.717, 1.165) is 12.5 Å². The molecule has 0 spiro atoms. The Morgan fingerprint density at radius 3 is 3.08 bits per heavy atom. The van der Waals surface area contributed by atoms with Gasteiger partial charge in [0.1, 0.15) is 0 Å². The van der Waals surface area contributed by atoms with Crippen LogP contribution < -0.4 is 5.32 Å². The number of nitrogens with one attached hydrogen (secondary N) is 1. The number of aryl methyl sites for hydroxylation is 1. The number of benzene rings is 1. The summed E-state index contributed by atoms with van der Waals surface area (Å²) in [4.78, 5) is 0. The molecule has 0 radical (unpaired) electrons. The van der Waals surface area contributed by atoms with Crippen LogP contribution in [0.4, 0.5) is 0 Å². The maximum atomic E-state index is 3.25. The van der Waals surface area contributed by atoms with Gasteiger partial charge in [0, 0.05) is 6.54 Å². The van der Waals surface area contributed by atoms with Crippen molar-refractivity contribution >= 4 is 0 Å². The molecule has 0 unspecified atom stereocenters. The minimum Gasteiger partial charge on any atom is -0.319 e. The van der Waals surface area contributed by atoms with Gasteiger partial charge in [0.25, 0.3) is 0 Å². The van der Waals surface area contributed by atoms with Gasteiger partial charge in [-0.1, -0.05) is 24.3 Å². The van der Waals surface area contributed by atoms with Gasteiger partial charge in [0.05, 0.1) is 0 Å². The van der Waals surface area contributed by atoms with Crippen LogP contribution in [0.15, 0.2) is 24.3 Å². The smallest absolute Gasteiger partial charge is 0.00173 e. The topological polar surface area (TPSA) is 12.0 Å². The van der Waals surface area contributed by atoms with Crippen LogP contribution in [-0.4, -0.2) is 13.6 Å². The maximum Gasteiger partial charge on any atom is 0.00173 e. The van der Waals surface area contributed by atoms with E-state index in [9.17, 15) is 0 Å². The predicted molar refractivity (Wildman–Crippen MR) is 51.4 cm³/mol. The number of likely N-dealkylation sites (N-methyl/N-ethyl adjacent to an activating group) is 1. The fraction of sp³-hybridized carbons (Fsp3) is 0.455. The van der Waals surface area contributed by atoms with Crippen molar-refractivity contribution in [1.29, 1.82) is 0 Å². The van der Waals surface area contributed by atoms with Gasteiger partial charge in [-0.15, -0.1) is 0 Å². The molecule has 1 atom stereocenters. The van der Waals surface area contributed by atoms with Crippen LogP contribution in [0.1, 0.15) is 23.5 Å². The van der Waals surface area contributed by atoms with Gasteiger partial charge >= 0.3 is 0 Å². The second kappa shape index (κ2) is 3.28. The third-order valence-electron chi connectivity index (χ3n) is 2.71. The fourth-order valence-electron chi connectivity index (χ4n) is 2.10. The Kier molecular flexibility index (Phi) is 2.13. The zero-order valence-electron chi connectivity index (χ0n) is 7.51. The molecule has 1 heteroatoms. The van der Waals surface area contributed by atoms with E-state index in [-0.39, 0.29) is 0 Å². The Hall–Kier alpha value is -0.820. The average molecular weight is 161 g/mol. The molecule has 0 heterocycles. The van der Waals surface area contributed by atoms with Crippen LogP contribution >= 0.6 is 0 Å². The Balaban J connectivity index is 2.24. The highest BCUT2D eigenvalue weighted by atomic mass is 14.8. The van der Waals surface area contributed by atoms with Crippen molar-refractivity contribution in [3.05, 3.63) is 35.4 Å². The lowest BCUT2D eigenvalue weighted by Gasteiger charge is -2.09. The third kappa shape index (κ3) is 1.25. The van der Waals surface area contributed by atoms with Crippen molar-refractivity contribution < 1.29 is 0 Å². The van der Waals surface area contributed by atoms with Crippen molar-refractivity contribution in [1.82, 2.24) is 5.32 Å². The minimum atomic E-state index is 0.756. The lowest BCUT2D eigenvalue weighted by atomic mass is 10.0. The molecule has 12 heavy (non-hydrogen) atoms. The van der Waals surface area contributed by atoms with Crippen molar-refractivity contribution in [3.63, 3.8) is 0 Å². The predicted octanol–water partition coefficient (Wildman–Crippen LogP) is 1.94. The molecule has 64 valence electrons. The van der Waals surface area contributed by atoms with E-state index in [2.05, 4.69) is 29.6 Å². The number of rotatable bonds is 2. The van der Waals surface area contributed by atoms with Crippen LogP contribution in [0.5, 0.6) is 0 Å². The molecule has 2 rings (SSSR count). The number of hydrogen-bond donors (Lipinski definition) is 1. The van der Waals surface area contributed by atoms with E-state index in [1.807, 2.05) is 7.05 Å². The van der Waals surface area contributed by atoms with Crippen molar-refractivity contribution in [2.24, 2.45) is 0 Å². The molecule has 0 saturated heterocycles. The fourth-order valence-corrected chi connectivity index (χ4v) is 2.10. The first-order valence-electron chi connectivity index (χ1n) is 4.64. The first kappa shape index (κ1) is 7.81. The van der Waals surface area contributed by atoms with Crippen molar-refractivity contribution in [2.45, 2.75) is 18.8 Å². The summed E-state index contributed by atoms with van der Waals surface area (Å²) < 4.78 is 0. The van der Waals surface area contributed by atoms with Crippen LogP contribution in [-0.2, 0) is 6.42 Å². The summed E-state index contributed by atoms with van der Waals surface area (Å²) in [6.45, 7) is 1.12. The van der Waals surface area contributed by atoms with E-state index >= 15 is 0 Å². The normalized spacial score (nSPS) is 20.9. The third-order valence-corrected chi connectivity index (χ3v) is 2.71. The quantitative estimate of drug-likeness (QED) is 0.699. The van der Waals surface area contributed by atoms with Gasteiger partial charge in [-0.25, -0.2) is 0 Å². The highest BCUT2D eigenvalue weighted by molar-refractivity contribution is 5.34. The molecular formula is C11H15N. The SMILES string of the molecule is CNC[C@H]1CCc2ccccc21. The Labute approximate surface area is 73.8 Å². The second-order valence-electron chi connectivity index (χ2n) is 3.49. The highest BCUT2D eigenvalue weighted by Gasteiger charge is 2.20. The van der Waals surface area contributed by atoms with E-state index in [4.69, 9.17) is 0 Å². The summed E-state index contributed by atoms with van der Waals surface area (Å²) in [6, 6.07) is 8.81. The standard InChI is InChI=1S/C11H15N/c1-12-8-10-7-6-9-4-2-3-5-11(9)10/h2-5,10,12H,6-8H2,1H3/t10-/m1/s1. The summed E-state index contributed by atoms with van der Waals surface area (Å²) in [5.74, 6) is 0.756. The first-order valence-corrected chi connectivity index (χ1v) is 4.64. The minimum absolute atomic E-state index is 0.756. The monoisotopic (exact) mass is 161 g/mol. The van der Waals surface area contributed by atoms with Crippen LogP contribution in [0.3, 0.4) is 0 Å². The van der Waals surface area contributed by atoms with Crippen LogP contribution in [0, 0.1) is 0 Å². The molecule has 0 aliphatic heterocycles. The molecule has 1 nitrogen and oxygen atoms in total. The van der Waals surface area contributed by atoms with Gasteiger partial charge in [0.2, 0.25) is 0 Å². The Morgan fingerprint density at radius 2 is 2.25 bits per heavy atom.